The van der Waals surface area contributed by atoms with Crippen LogP contribution in [0, 0.1) is 0 Å². The monoisotopic (exact) mass is 374 g/mol. The third-order valence-corrected chi connectivity index (χ3v) is 4.36. The van der Waals surface area contributed by atoms with Gasteiger partial charge in [0.15, 0.2) is 5.15 Å². The zero-order valence-corrected chi connectivity index (χ0v) is 14.4. The first kappa shape index (κ1) is 16.0. The van der Waals surface area contributed by atoms with E-state index in [1.165, 1.54) is 18.0 Å². The molecule has 0 atom stereocenters. The number of methoxy groups -OCH3 is 1. The second-order valence-electron chi connectivity index (χ2n) is 4.38. The SMILES string of the molecule is CCc1nn(CC)c(Cn2cnc(Cl)c(OC)c2=O)c1Br. The van der Waals surface area contributed by atoms with Crippen molar-refractivity contribution in [2.45, 2.75) is 33.4 Å². The molecule has 6 nitrogen and oxygen atoms in total. The van der Waals surface area contributed by atoms with Gasteiger partial charge >= 0.3 is 0 Å². The average molecular weight is 376 g/mol. The lowest BCUT2D eigenvalue weighted by molar-refractivity contribution is 0.400. The first-order chi connectivity index (χ1) is 10.0. The van der Waals surface area contributed by atoms with E-state index in [0.717, 1.165) is 28.8 Å². The molecule has 2 aromatic rings. The lowest BCUT2D eigenvalue weighted by atomic mass is 10.3. The molecule has 0 radical (unpaired) electrons. The van der Waals surface area contributed by atoms with Crippen molar-refractivity contribution < 1.29 is 4.74 Å². The van der Waals surface area contributed by atoms with Crippen LogP contribution < -0.4 is 10.3 Å². The Morgan fingerprint density at radius 2 is 2.14 bits per heavy atom. The smallest absolute Gasteiger partial charge is 0.297 e. The van der Waals surface area contributed by atoms with Gasteiger partial charge in [0.25, 0.3) is 5.56 Å². The third kappa shape index (κ3) is 2.98. The van der Waals surface area contributed by atoms with Gasteiger partial charge < -0.3 is 4.74 Å². The van der Waals surface area contributed by atoms with Crippen molar-refractivity contribution in [2.75, 3.05) is 7.11 Å². The highest BCUT2D eigenvalue weighted by Gasteiger charge is 2.17. The summed E-state index contributed by atoms with van der Waals surface area (Å²) in [6, 6.07) is 0. The fourth-order valence-electron chi connectivity index (χ4n) is 2.06. The number of hydrogen-bond acceptors (Lipinski definition) is 4. The van der Waals surface area contributed by atoms with Crippen LogP contribution in [0.4, 0.5) is 0 Å². The van der Waals surface area contributed by atoms with E-state index in [1.807, 2.05) is 18.5 Å². The van der Waals surface area contributed by atoms with Crippen LogP contribution in [-0.2, 0) is 19.5 Å². The minimum Gasteiger partial charge on any atom is -0.489 e. The number of halogens is 2. The quantitative estimate of drug-likeness (QED) is 0.753. The predicted octanol–water partition coefficient (Wildman–Crippen LogP) is 2.49. The van der Waals surface area contributed by atoms with Gasteiger partial charge in [0.05, 0.1) is 35.8 Å². The number of aryl methyl sites for hydroxylation is 2. The highest BCUT2D eigenvalue weighted by molar-refractivity contribution is 9.10. The van der Waals surface area contributed by atoms with Crippen molar-refractivity contribution in [3.8, 4) is 5.75 Å². The lowest BCUT2D eigenvalue weighted by Gasteiger charge is -2.10. The van der Waals surface area contributed by atoms with E-state index < -0.39 is 0 Å². The molecule has 2 heterocycles. The Labute approximate surface area is 135 Å². The van der Waals surface area contributed by atoms with E-state index in [1.54, 1.807) is 0 Å². The van der Waals surface area contributed by atoms with Gasteiger partial charge in [0.1, 0.15) is 0 Å². The molecular weight excluding hydrogens is 360 g/mol. The summed E-state index contributed by atoms with van der Waals surface area (Å²) in [7, 11) is 1.40. The van der Waals surface area contributed by atoms with Gasteiger partial charge in [-0.3, -0.25) is 14.0 Å². The molecule has 0 N–H and O–H groups in total. The molecule has 0 aliphatic carbocycles. The maximum absolute atomic E-state index is 12.3. The van der Waals surface area contributed by atoms with E-state index in [2.05, 4.69) is 26.0 Å². The summed E-state index contributed by atoms with van der Waals surface area (Å²) in [4.78, 5) is 16.3. The van der Waals surface area contributed by atoms with Gasteiger partial charge in [-0.25, -0.2) is 4.98 Å². The molecule has 2 rings (SSSR count). The highest BCUT2D eigenvalue weighted by atomic mass is 79.9. The maximum atomic E-state index is 12.3. The molecule has 21 heavy (non-hydrogen) atoms. The van der Waals surface area contributed by atoms with Crippen molar-refractivity contribution in [3.63, 3.8) is 0 Å². The summed E-state index contributed by atoms with van der Waals surface area (Å²) in [5, 5.41) is 4.58. The van der Waals surface area contributed by atoms with E-state index in [4.69, 9.17) is 16.3 Å². The minimum atomic E-state index is -0.314. The second kappa shape index (κ2) is 6.62. The van der Waals surface area contributed by atoms with Crippen LogP contribution in [-0.4, -0.2) is 26.4 Å². The molecule has 2 aromatic heterocycles. The fourth-order valence-corrected chi connectivity index (χ4v) is 2.96. The first-order valence-corrected chi connectivity index (χ1v) is 7.73. The Morgan fingerprint density at radius 1 is 1.43 bits per heavy atom. The largest absolute Gasteiger partial charge is 0.489 e. The summed E-state index contributed by atoms with van der Waals surface area (Å²) >= 11 is 9.40. The predicted molar refractivity (Wildman–Crippen MR) is 84.1 cm³/mol. The van der Waals surface area contributed by atoms with Crippen LogP contribution in [0.5, 0.6) is 5.75 Å². The molecule has 8 heteroatoms. The van der Waals surface area contributed by atoms with E-state index >= 15 is 0 Å². The summed E-state index contributed by atoms with van der Waals surface area (Å²) in [6.07, 6.45) is 2.23. The van der Waals surface area contributed by atoms with Gasteiger partial charge in [-0.15, -0.1) is 0 Å². The van der Waals surface area contributed by atoms with Crippen LogP contribution in [0.1, 0.15) is 25.2 Å². The Hall–Kier alpha value is -1.34. The minimum absolute atomic E-state index is 0.0496. The molecule has 0 unspecified atom stereocenters. The van der Waals surface area contributed by atoms with Crippen LogP contribution in [0.2, 0.25) is 5.15 Å². The van der Waals surface area contributed by atoms with Gasteiger partial charge in [0, 0.05) is 6.54 Å². The first-order valence-electron chi connectivity index (χ1n) is 6.56. The molecule has 0 saturated heterocycles. The molecule has 0 spiro atoms. The van der Waals surface area contributed by atoms with Gasteiger partial charge in [-0.2, -0.15) is 5.10 Å². The molecule has 114 valence electrons. The molecule has 0 amide bonds. The Kier molecular flexibility index (Phi) is 5.05. The summed E-state index contributed by atoms with van der Waals surface area (Å²) < 4.78 is 9.26. The van der Waals surface area contributed by atoms with Crippen molar-refractivity contribution >= 4 is 27.5 Å². The fraction of sp³-hybridized carbons (Fsp3) is 0.462. The van der Waals surface area contributed by atoms with Crippen LogP contribution >= 0.6 is 27.5 Å². The zero-order chi connectivity index (χ0) is 15.6. The summed E-state index contributed by atoms with van der Waals surface area (Å²) in [5.74, 6) is 0.0496. The molecular formula is C13H16BrClN4O2. The van der Waals surface area contributed by atoms with Crippen LogP contribution in [0.3, 0.4) is 0 Å². The van der Waals surface area contributed by atoms with Crippen molar-refractivity contribution in [2.24, 2.45) is 0 Å². The lowest BCUT2D eigenvalue weighted by Crippen LogP contribution is -2.24. The van der Waals surface area contributed by atoms with E-state index in [9.17, 15) is 4.79 Å². The average Bonchev–Trinajstić information content (AvgIpc) is 2.78. The highest BCUT2D eigenvalue weighted by Crippen LogP contribution is 2.23. The number of nitrogens with zero attached hydrogens (tertiary/aromatic N) is 4. The Balaban J connectivity index is 2.48. The van der Waals surface area contributed by atoms with Gasteiger partial charge in [-0.05, 0) is 29.3 Å². The van der Waals surface area contributed by atoms with Gasteiger partial charge in [-0.1, -0.05) is 18.5 Å². The normalized spacial score (nSPS) is 10.9. The summed E-state index contributed by atoms with van der Waals surface area (Å²) in [6.45, 7) is 5.11. The van der Waals surface area contributed by atoms with Gasteiger partial charge in [0.2, 0.25) is 5.75 Å². The molecule has 0 aliphatic heterocycles. The molecule has 0 saturated carbocycles. The Morgan fingerprint density at radius 3 is 2.71 bits per heavy atom. The molecule has 0 aliphatic rings. The molecule has 0 aromatic carbocycles. The Bertz CT molecular complexity index is 711. The molecule has 0 bridgehead atoms. The number of hydrogen-bond donors (Lipinski definition) is 0. The number of rotatable bonds is 5. The maximum Gasteiger partial charge on any atom is 0.297 e. The van der Waals surface area contributed by atoms with Crippen molar-refractivity contribution in [1.82, 2.24) is 19.3 Å². The molecule has 0 fully saturated rings. The van der Waals surface area contributed by atoms with Crippen LogP contribution in [0.15, 0.2) is 15.6 Å². The topological polar surface area (TPSA) is 61.9 Å². The number of ether oxygens (including phenoxy) is 1. The van der Waals surface area contributed by atoms with Crippen LogP contribution in [0.25, 0.3) is 0 Å². The van der Waals surface area contributed by atoms with Crippen molar-refractivity contribution in [3.05, 3.63) is 37.7 Å². The van der Waals surface area contributed by atoms with Crippen molar-refractivity contribution in [1.29, 1.82) is 0 Å². The summed E-state index contributed by atoms with van der Waals surface area (Å²) in [5.41, 5.74) is 1.57. The van der Waals surface area contributed by atoms with E-state index in [-0.39, 0.29) is 16.5 Å². The third-order valence-electron chi connectivity index (χ3n) is 3.17. The number of aromatic nitrogens is 4. The standard InChI is InChI=1S/C13H16BrClN4O2/c1-4-8-10(14)9(19(5-2)17-8)6-18-7-16-12(15)11(21-3)13(18)20/h7H,4-6H2,1-3H3. The zero-order valence-electron chi connectivity index (χ0n) is 12.1. The second-order valence-corrected chi connectivity index (χ2v) is 5.53. The van der Waals surface area contributed by atoms with E-state index in [0.29, 0.717) is 6.54 Å².